The molecule has 2 nitrogen and oxygen atoms in total. The fourth-order valence-corrected chi connectivity index (χ4v) is 3.22. The molecule has 0 radical (unpaired) electrons. The molecule has 23 heavy (non-hydrogen) atoms. The predicted octanol–water partition coefficient (Wildman–Crippen LogP) is 5.86. The molecule has 1 aliphatic carbocycles. The highest BCUT2D eigenvalue weighted by atomic mass is 16.5. The van der Waals surface area contributed by atoms with Gasteiger partial charge in [-0.3, -0.25) is 4.79 Å². The summed E-state index contributed by atoms with van der Waals surface area (Å²) in [6.07, 6.45) is 12.6. The van der Waals surface area contributed by atoms with E-state index < -0.39 is 0 Å². The number of benzene rings is 1. The van der Waals surface area contributed by atoms with Gasteiger partial charge >= 0.3 is 5.97 Å². The van der Waals surface area contributed by atoms with Crippen LogP contribution >= 0.6 is 0 Å². The van der Waals surface area contributed by atoms with E-state index in [4.69, 9.17) is 4.74 Å². The lowest BCUT2D eigenvalue weighted by atomic mass is 10.1. The third-order valence-electron chi connectivity index (χ3n) is 4.81. The van der Waals surface area contributed by atoms with Crippen molar-refractivity contribution in [2.75, 3.05) is 6.61 Å². The van der Waals surface area contributed by atoms with Gasteiger partial charge in [0.15, 0.2) is 0 Å². The Balaban J connectivity index is 1.44. The Morgan fingerprint density at radius 3 is 2.22 bits per heavy atom. The lowest BCUT2D eigenvalue weighted by molar-refractivity contribution is -0.145. The van der Waals surface area contributed by atoms with Gasteiger partial charge in [-0.1, -0.05) is 88.6 Å². The highest BCUT2D eigenvalue weighted by Gasteiger charge is 2.44. The number of hydrogen-bond donors (Lipinski definition) is 0. The molecule has 1 aromatic rings. The van der Waals surface area contributed by atoms with Crippen molar-refractivity contribution in [3.05, 3.63) is 35.9 Å². The SMILES string of the molecule is CCCCCCCCCCCOC(=O)C1CC1c1ccccc1. The third-order valence-corrected chi connectivity index (χ3v) is 4.81. The Hall–Kier alpha value is -1.31. The van der Waals surface area contributed by atoms with Crippen molar-refractivity contribution in [2.45, 2.75) is 77.0 Å². The summed E-state index contributed by atoms with van der Waals surface area (Å²) in [7, 11) is 0. The molecule has 0 saturated heterocycles. The summed E-state index contributed by atoms with van der Waals surface area (Å²) >= 11 is 0. The number of ether oxygens (including phenoxy) is 1. The van der Waals surface area contributed by atoms with Crippen LogP contribution in [0, 0.1) is 5.92 Å². The van der Waals surface area contributed by atoms with Crippen LogP contribution in [0.2, 0.25) is 0 Å². The Labute approximate surface area is 141 Å². The van der Waals surface area contributed by atoms with E-state index in [2.05, 4.69) is 19.1 Å². The lowest BCUT2D eigenvalue weighted by Gasteiger charge is -2.05. The summed E-state index contributed by atoms with van der Waals surface area (Å²) in [4.78, 5) is 12.0. The lowest BCUT2D eigenvalue weighted by Crippen LogP contribution is -2.09. The summed E-state index contributed by atoms with van der Waals surface area (Å²) in [6.45, 7) is 2.86. The molecule has 1 fully saturated rings. The van der Waals surface area contributed by atoms with E-state index in [-0.39, 0.29) is 11.9 Å². The van der Waals surface area contributed by atoms with Crippen molar-refractivity contribution < 1.29 is 9.53 Å². The van der Waals surface area contributed by atoms with Crippen molar-refractivity contribution in [3.8, 4) is 0 Å². The first kappa shape index (κ1) is 18.0. The van der Waals surface area contributed by atoms with Gasteiger partial charge in [0, 0.05) is 0 Å². The number of hydrogen-bond acceptors (Lipinski definition) is 2. The summed E-state index contributed by atoms with van der Waals surface area (Å²) in [5.41, 5.74) is 1.28. The molecule has 0 N–H and O–H groups in total. The molecule has 2 unspecified atom stereocenters. The first-order chi connectivity index (χ1) is 11.3. The number of rotatable bonds is 12. The van der Waals surface area contributed by atoms with Crippen LogP contribution in [-0.4, -0.2) is 12.6 Å². The third kappa shape index (κ3) is 6.76. The molecule has 0 heterocycles. The highest BCUT2D eigenvalue weighted by Crippen LogP contribution is 2.48. The van der Waals surface area contributed by atoms with Crippen molar-refractivity contribution >= 4 is 5.97 Å². The van der Waals surface area contributed by atoms with Crippen molar-refractivity contribution in [3.63, 3.8) is 0 Å². The molecule has 0 aliphatic heterocycles. The van der Waals surface area contributed by atoms with Crippen LogP contribution in [0.15, 0.2) is 30.3 Å². The van der Waals surface area contributed by atoms with E-state index in [0.29, 0.717) is 12.5 Å². The molecule has 0 aromatic heterocycles. The maximum atomic E-state index is 12.0. The van der Waals surface area contributed by atoms with Crippen LogP contribution < -0.4 is 0 Å². The zero-order valence-electron chi connectivity index (χ0n) is 14.6. The van der Waals surface area contributed by atoms with Gasteiger partial charge in [-0.2, -0.15) is 0 Å². The molecule has 2 heteroatoms. The van der Waals surface area contributed by atoms with Crippen LogP contribution in [0.4, 0.5) is 0 Å². The Bertz CT molecular complexity index is 440. The minimum absolute atomic E-state index is 0.0124. The second-order valence-corrected chi connectivity index (χ2v) is 6.86. The van der Waals surface area contributed by atoms with Gasteiger partial charge in [0.2, 0.25) is 0 Å². The normalized spacial score (nSPS) is 19.5. The van der Waals surface area contributed by atoms with Gasteiger partial charge in [-0.25, -0.2) is 0 Å². The predicted molar refractivity (Wildman–Crippen MR) is 95.5 cm³/mol. The number of unbranched alkanes of at least 4 members (excludes halogenated alkanes) is 8. The molecular formula is C21H32O2. The second-order valence-electron chi connectivity index (χ2n) is 6.86. The van der Waals surface area contributed by atoms with E-state index in [9.17, 15) is 4.79 Å². The minimum Gasteiger partial charge on any atom is -0.465 e. The first-order valence-electron chi connectivity index (χ1n) is 9.54. The largest absolute Gasteiger partial charge is 0.465 e. The first-order valence-corrected chi connectivity index (χ1v) is 9.54. The topological polar surface area (TPSA) is 26.3 Å². The van der Waals surface area contributed by atoms with Crippen LogP contribution in [0.5, 0.6) is 0 Å². The maximum absolute atomic E-state index is 12.0. The Morgan fingerprint density at radius 2 is 1.57 bits per heavy atom. The minimum atomic E-state index is 0.0124. The van der Waals surface area contributed by atoms with Gasteiger partial charge in [0.1, 0.15) is 0 Å². The average molecular weight is 316 g/mol. The van der Waals surface area contributed by atoms with Crippen LogP contribution in [0.3, 0.4) is 0 Å². The van der Waals surface area contributed by atoms with Gasteiger partial charge in [-0.05, 0) is 24.3 Å². The zero-order chi connectivity index (χ0) is 16.3. The molecule has 1 saturated carbocycles. The van der Waals surface area contributed by atoms with Gasteiger partial charge < -0.3 is 4.74 Å². The summed E-state index contributed by atoms with van der Waals surface area (Å²) < 4.78 is 5.44. The van der Waals surface area contributed by atoms with E-state index in [0.717, 1.165) is 12.8 Å². The number of esters is 1. The van der Waals surface area contributed by atoms with Crippen LogP contribution in [0.1, 0.15) is 82.6 Å². The van der Waals surface area contributed by atoms with Crippen molar-refractivity contribution in [1.29, 1.82) is 0 Å². The molecule has 2 atom stereocenters. The zero-order valence-corrected chi connectivity index (χ0v) is 14.6. The summed E-state index contributed by atoms with van der Waals surface area (Å²) in [5.74, 6) is 0.515. The van der Waals surface area contributed by atoms with Gasteiger partial charge in [-0.15, -0.1) is 0 Å². The molecule has 0 bridgehead atoms. The Kier molecular flexibility index (Phi) is 8.20. The molecule has 0 amide bonds. The molecule has 1 aromatic carbocycles. The monoisotopic (exact) mass is 316 g/mol. The van der Waals surface area contributed by atoms with E-state index in [1.165, 1.54) is 56.9 Å². The summed E-state index contributed by atoms with van der Waals surface area (Å²) in [5, 5.41) is 0. The highest BCUT2D eigenvalue weighted by molar-refractivity contribution is 5.77. The molecule has 1 aliphatic rings. The fraction of sp³-hybridized carbons (Fsp3) is 0.667. The number of carbonyl (C=O) groups excluding carboxylic acids is 1. The average Bonchev–Trinajstić information content (AvgIpc) is 3.38. The summed E-state index contributed by atoms with van der Waals surface area (Å²) in [6, 6.07) is 10.3. The second kappa shape index (κ2) is 10.5. The van der Waals surface area contributed by atoms with Gasteiger partial charge in [0.05, 0.1) is 12.5 Å². The standard InChI is InChI=1S/C21H32O2/c1-2-3-4-5-6-7-8-9-13-16-23-21(22)20-17-19(20)18-14-11-10-12-15-18/h10-12,14-15,19-20H,2-9,13,16-17H2,1H3. The van der Waals surface area contributed by atoms with E-state index in [1.54, 1.807) is 0 Å². The van der Waals surface area contributed by atoms with Crippen LogP contribution in [-0.2, 0) is 9.53 Å². The van der Waals surface area contributed by atoms with E-state index >= 15 is 0 Å². The van der Waals surface area contributed by atoms with E-state index in [1.807, 2.05) is 18.2 Å². The van der Waals surface area contributed by atoms with Gasteiger partial charge in [0.25, 0.3) is 0 Å². The fourth-order valence-electron chi connectivity index (χ4n) is 3.22. The smallest absolute Gasteiger partial charge is 0.309 e. The molecular weight excluding hydrogens is 284 g/mol. The molecule has 128 valence electrons. The quantitative estimate of drug-likeness (QED) is 0.356. The molecule has 0 spiro atoms. The molecule has 2 rings (SSSR count). The van der Waals surface area contributed by atoms with Crippen molar-refractivity contribution in [1.82, 2.24) is 0 Å². The van der Waals surface area contributed by atoms with Crippen LogP contribution in [0.25, 0.3) is 0 Å². The van der Waals surface area contributed by atoms with Crippen molar-refractivity contribution in [2.24, 2.45) is 5.92 Å². The Morgan fingerprint density at radius 1 is 0.957 bits per heavy atom. The maximum Gasteiger partial charge on any atom is 0.309 e. The number of carbonyl (C=O) groups is 1.